The molecule has 5 atom stereocenters. The lowest BCUT2D eigenvalue weighted by Gasteiger charge is -2.21. The van der Waals surface area contributed by atoms with Gasteiger partial charge in [-0.1, -0.05) is 445 Å². The number of phosphoric acid groups is 2. The predicted octanol–water partition coefficient (Wildman–Crippen LogP) is 28.1. The van der Waals surface area contributed by atoms with Crippen molar-refractivity contribution >= 4 is 39.5 Å². The Bertz CT molecular complexity index is 2050. The molecular formula is C90H176O17P2. The van der Waals surface area contributed by atoms with Gasteiger partial charge in [0.2, 0.25) is 0 Å². The summed E-state index contributed by atoms with van der Waals surface area (Å²) in [6, 6.07) is 0. The Morgan fingerprint density at radius 3 is 0.541 bits per heavy atom. The van der Waals surface area contributed by atoms with Crippen molar-refractivity contribution in [2.75, 3.05) is 39.6 Å². The summed E-state index contributed by atoms with van der Waals surface area (Å²) in [5, 5.41) is 10.7. The number of carbonyl (C=O) groups is 4. The summed E-state index contributed by atoms with van der Waals surface area (Å²) in [5.74, 6) is -2.09. The summed E-state index contributed by atoms with van der Waals surface area (Å²) in [5.41, 5.74) is 0. The van der Waals surface area contributed by atoms with Gasteiger partial charge in [0, 0.05) is 25.7 Å². The van der Waals surface area contributed by atoms with E-state index in [9.17, 15) is 43.2 Å². The molecule has 0 spiro atoms. The average Bonchev–Trinajstić information content (AvgIpc) is 0.897. The second kappa shape index (κ2) is 84.0. The first-order valence-electron chi connectivity index (χ1n) is 46.8. The smallest absolute Gasteiger partial charge is 0.462 e. The summed E-state index contributed by atoms with van der Waals surface area (Å²) < 4.78 is 69.1. The molecule has 3 N–H and O–H groups in total. The molecule has 0 saturated carbocycles. The van der Waals surface area contributed by atoms with E-state index < -0.39 is 97.5 Å². The van der Waals surface area contributed by atoms with Crippen molar-refractivity contribution in [1.82, 2.24) is 0 Å². The Kier molecular flexibility index (Phi) is 82.5. The molecule has 0 rings (SSSR count). The van der Waals surface area contributed by atoms with Crippen molar-refractivity contribution in [3.63, 3.8) is 0 Å². The molecule has 0 aromatic rings. The summed E-state index contributed by atoms with van der Waals surface area (Å²) in [6.07, 6.45) is 80.5. The predicted molar refractivity (Wildman–Crippen MR) is 451 cm³/mol. The molecule has 0 aromatic carbocycles. The van der Waals surface area contributed by atoms with Crippen molar-refractivity contribution in [2.45, 2.75) is 515 Å². The minimum atomic E-state index is -4.97. The molecule has 109 heavy (non-hydrogen) atoms. The van der Waals surface area contributed by atoms with Gasteiger partial charge in [0.25, 0.3) is 0 Å². The topological polar surface area (TPSA) is 237 Å². The molecule has 0 radical (unpaired) electrons. The number of unbranched alkanes of at least 4 members (excludes halogenated alkanes) is 65. The van der Waals surface area contributed by atoms with E-state index in [2.05, 4.69) is 27.7 Å². The van der Waals surface area contributed by atoms with E-state index in [0.717, 1.165) is 89.9 Å². The summed E-state index contributed by atoms with van der Waals surface area (Å²) in [6.45, 7) is 5.09. The van der Waals surface area contributed by atoms with Crippen LogP contribution in [0.25, 0.3) is 0 Å². The van der Waals surface area contributed by atoms with Gasteiger partial charge in [0.15, 0.2) is 12.2 Å². The van der Waals surface area contributed by atoms with Gasteiger partial charge in [0.05, 0.1) is 26.4 Å². The van der Waals surface area contributed by atoms with Gasteiger partial charge in [-0.15, -0.1) is 0 Å². The van der Waals surface area contributed by atoms with E-state index in [-0.39, 0.29) is 25.7 Å². The molecule has 0 bridgehead atoms. The number of ether oxygens (including phenoxy) is 4. The van der Waals surface area contributed by atoms with Gasteiger partial charge < -0.3 is 33.8 Å². The number of esters is 4. The van der Waals surface area contributed by atoms with Crippen LogP contribution in [0.4, 0.5) is 0 Å². The lowest BCUT2D eigenvalue weighted by atomic mass is 10.0. The average molecular weight is 1590 g/mol. The summed E-state index contributed by atoms with van der Waals surface area (Å²) in [4.78, 5) is 73.4. The van der Waals surface area contributed by atoms with Crippen LogP contribution >= 0.6 is 15.6 Å². The maximum Gasteiger partial charge on any atom is 0.472 e. The second-order valence-corrected chi connectivity index (χ2v) is 35.3. The van der Waals surface area contributed by atoms with Crippen LogP contribution in [-0.2, 0) is 65.4 Å². The molecular weight excluding hydrogens is 1410 g/mol. The molecule has 19 heteroatoms. The van der Waals surface area contributed by atoms with E-state index in [4.69, 9.17) is 37.0 Å². The number of phosphoric ester groups is 2. The van der Waals surface area contributed by atoms with Crippen molar-refractivity contribution in [2.24, 2.45) is 0 Å². The van der Waals surface area contributed by atoms with Crippen LogP contribution in [0.15, 0.2) is 0 Å². The number of aliphatic hydroxyl groups excluding tert-OH is 1. The van der Waals surface area contributed by atoms with Crippen LogP contribution in [-0.4, -0.2) is 96.7 Å². The largest absolute Gasteiger partial charge is 0.472 e. The standard InChI is InChI=1S/C90H176O17P2/c1-5-9-13-17-21-25-29-33-36-39-40-41-42-43-46-49-53-57-61-65-69-73-77-90(95)107-86(81-101-88(93)75-71-67-63-59-55-51-47-44-37-34-30-26-22-18-14-10-6-2)83-105-109(98,99)103-79-84(91)78-102-108(96,97)104-82-85(80-100-87(92)74-70-66-62-58-54-50-32-28-24-20-16-12-8-4)106-89(94)76-72-68-64-60-56-52-48-45-38-35-31-27-23-19-15-11-7-3/h84-86,91H,5-83H2,1-4H3,(H,96,97)(H,98,99)/t84-,85+,86+/m0/s1. The van der Waals surface area contributed by atoms with E-state index in [1.54, 1.807) is 0 Å². The third-order valence-corrected chi connectivity index (χ3v) is 23.3. The molecule has 0 heterocycles. The Morgan fingerprint density at radius 2 is 0.367 bits per heavy atom. The number of hydrogen-bond acceptors (Lipinski definition) is 15. The quantitative estimate of drug-likeness (QED) is 0.0222. The molecule has 2 unspecified atom stereocenters. The zero-order chi connectivity index (χ0) is 79.6. The summed E-state index contributed by atoms with van der Waals surface area (Å²) >= 11 is 0. The number of carbonyl (C=O) groups excluding carboxylic acids is 4. The second-order valence-electron chi connectivity index (χ2n) is 32.3. The Morgan fingerprint density at radius 1 is 0.220 bits per heavy atom. The number of hydrogen-bond donors (Lipinski definition) is 3. The van der Waals surface area contributed by atoms with Crippen molar-refractivity contribution in [1.29, 1.82) is 0 Å². The zero-order valence-electron chi connectivity index (χ0n) is 71.5. The van der Waals surface area contributed by atoms with Crippen LogP contribution in [0, 0.1) is 0 Å². The Labute approximate surface area is 670 Å². The third-order valence-electron chi connectivity index (χ3n) is 21.4. The maximum absolute atomic E-state index is 13.2. The van der Waals surface area contributed by atoms with E-state index in [1.807, 2.05) is 0 Å². The minimum absolute atomic E-state index is 0.110. The molecule has 0 aromatic heterocycles. The highest BCUT2D eigenvalue weighted by molar-refractivity contribution is 7.47. The van der Waals surface area contributed by atoms with Crippen LogP contribution in [0.3, 0.4) is 0 Å². The monoisotopic (exact) mass is 1590 g/mol. The van der Waals surface area contributed by atoms with E-state index in [0.29, 0.717) is 25.7 Å². The Balaban J connectivity index is 5.24. The van der Waals surface area contributed by atoms with Gasteiger partial charge in [-0.25, -0.2) is 9.13 Å². The highest BCUT2D eigenvalue weighted by Gasteiger charge is 2.30. The molecule has 0 amide bonds. The molecule has 0 saturated heterocycles. The maximum atomic E-state index is 13.2. The zero-order valence-corrected chi connectivity index (χ0v) is 73.3. The molecule has 0 aliphatic heterocycles. The molecule has 0 aliphatic carbocycles. The Hall–Kier alpha value is -1.94. The SMILES string of the molecule is CCCCCCCCCCCCCCCCCCCCCCCCC(=O)O[C@H](COC(=O)CCCCCCCCCCCCCCCCCCC)COP(=O)(O)OC[C@@H](O)COP(=O)(O)OC[C@@H](COC(=O)CCCCCCCCCCCCCCC)OC(=O)CCCCCCCCCCCCCCCCCCC. The lowest BCUT2D eigenvalue weighted by molar-refractivity contribution is -0.161. The van der Waals surface area contributed by atoms with E-state index in [1.165, 1.54) is 327 Å². The van der Waals surface area contributed by atoms with Crippen LogP contribution in [0.2, 0.25) is 0 Å². The minimum Gasteiger partial charge on any atom is -0.462 e. The van der Waals surface area contributed by atoms with Crippen molar-refractivity contribution in [3.05, 3.63) is 0 Å². The molecule has 0 aliphatic rings. The fourth-order valence-electron chi connectivity index (χ4n) is 14.2. The van der Waals surface area contributed by atoms with Gasteiger partial charge in [-0.3, -0.25) is 37.3 Å². The van der Waals surface area contributed by atoms with Crippen LogP contribution < -0.4 is 0 Å². The van der Waals surface area contributed by atoms with Crippen molar-refractivity contribution in [3.8, 4) is 0 Å². The highest BCUT2D eigenvalue weighted by Crippen LogP contribution is 2.45. The van der Waals surface area contributed by atoms with Crippen LogP contribution in [0.5, 0.6) is 0 Å². The fourth-order valence-corrected chi connectivity index (χ4v) is 15.8. The van der Waals surface area contributed by atoms with Gasteiger partial charge in [-0.05, 0) is 25.7 Å². The normalized spacial score (nSPS) is 13.6. The summed E-state index contributed by atoms with van der Waals surface area (Å²) in [7, 11) is -9.93. The third kappa shape index (κ3) is 83.8. The molecule has 17 nitrogen and oxygen atoms in total. The van der Waals surface area contributed by atoms with Gasteiger partial charge in [-0.2, -0.15) is 0 Å². The molecule has 0 fully saturated rings. The van der Waals surface area contributed by atoms with Crippen molar-refractivity contribution < 1.29 is 80.2 Å². The lowest BCUT2D eigenvalue weighted by Crippen LogP contribution is -2.30. The van der Waals surface area contributed by atoms with E-state index >= 15 is 0 Å². The van der Waals surface area contributed by atoms with Gasteiger partial charge in [0.1, 0.15) is 19.3 Å². The highest BCUT2D eigenvalue weighted by atomic mass is 31.2. The first kappa shape index (κ1) is 107. The number of rotatable bonds is 91. The van der Waals surface area contributed by atoms with Crippen LogP contribution in [0.1, 0.15) is 496 Å². The first-order chi connectivity index (χ1) is 53.2. The fraction of sp³-hybridized carbons (Fsp3) is 0.956. The molecule has 648 valence electrons. The van der Waals surface area contributed by atoms with Gasteiger partial charge >= 0.3 is 39.5 Å². The first-order valence-corrected chi connectivity index (χ1v) is 49.8. The number of aliphatic hydroxyl groups is 1.